The van der Waals surface area contributed by atoms with Crippen molar-refractivity contribution >= 4 is 39.2 Å². The molecular formula is C14H19BrFN3S. The molecule has 1 fully saturated rings. The zero-order chi connectivity index (χ0) is 14.9. The van der Waals surface area contributed by atoms with Gasteiger partial charge < -0.3 is 10.6 Å². The van der Waals surface area contributed by atoms with Gasteiger partial charge in [-0.15, -0.1) is 0 Å². The Bertz CT molecular complexity index is 533. The Hall–Kier alpha value is -0.750. The standard InChI is InChI=1S/C14H19BrFN3S/c1-14(2)5-6-19(7-8-20-14)10-4-3-9(13(17)18)11(15)12(10)16/h3-4H,5-8H2,1-2H3,(H3,17,18). The molecule has 0 radical (unpaired) electrons. The van der Waals surface area contributed by atoms with E-state index in [0.717, 1.165) is 25.3 Å². The van der Waals surface area contributed by atoms with Gasteiger partial charge in [-0.2, -0.15) is 11.8 Å². The highest BCUT2D eigenvalue weighted by atomic mass is 79.9. The van der Waals surface area contributed by atoms with Crippen LogP contribution in [-0.2, 0) is 0 Å². The maximum atomic E-state index is 14.5. The van der Waals surface area contributed by atoms with Crippen LogP contribution in [0, 0.1) is 11.2 Å². The van der Waals surface area contributed by atoms with Gasteiger partial charge in [-0.05, 0) is 34.5 Å². The van der Waals surface area contributed by atoms with Crippen molar-refractivity contribution in [2.75, 3.05) is 23.7 Å². The van der Waals surface area contributed by atoms with E-state index in [1.165, 1.54) is 0 Å². The van der Waals surface area contributed by atoms with E-state index in [1.807, 2.05) is 11.8 Å². The van der Waals surface area contributed by atoms with E-state index in [-0.39, 0.29) is 20.9 Å². The Morgan fingerprint density at radius 2 is 2.15 bits per heavy atom. The summed E-state index contributed by atoms with van der Waals surface area (Å²) in [5.74, 6) is 0.524. The Labute approximate surface area is 131 Å². The highest BCUT2D eigenvalue weighted by molar-refractivity contribution is 9.10. The SMILES string of the molecule is CC1(C)CCN(c2ccc(C(=N)N)c(Br)c2F)CCS1. The van der Waals surface area contributed by atoms with Gasteiger partial charge >= 0.3 is 0 Å². The van der Waals surface area contributed by atoms with Crippen molar-refractivity contribution in [2.24, 2.45) is 5.73 Å². The van der Waals surface area contributed by atoms with Crippen LogP contribution in [0.2, 0.25) is 0 Å². The summed E-state index contributed by atoms with van der Waals surface area (Å²) in [4.78, 5) is 2.08. The molecule has 1 saturated heterocycles. The molecule has 2 rings (SSSR count). The third-order valence-corrected chi connectivity index (χ3v) is 5.68. The molecule has 6 heteroatoms. The molecule has 110 valence electrons. The van der Waals surface area contributed by atoms with Gasteiger partial charge in [0.15, 0.2) is 5.82 Å². The third kappa shape index (κ3) is 3.28. The maximum absolute atomic E-state index is 14.5. The van der Waals surface area contributed by atoms with E-state index in [9.17, 15) is 4.39 Å². The summed E-state index contributed by atoms with van der Waals surface area (Å²) in [5, 5.41) is 7.44. The molecule has 1 heterocycles. The Balaban J connectivity index is 2.29. The average Bonchev–Trinajstić information content (AvgIpc) is 2.53. The molecule has 0 saturated carbocycles. The van der Waals surface area contributed by atoms with Gasteiger partial charge in [-0.25, -0.2) is 4.39 Å². The molecule has 3 N–H and O–H groups in total. The van der Waals surface area contributed by atoms with Crippen molar-refractivity contribution in [3.8, 4) is 0 Å². The summed E-state index contributed by atoms with van der Waals surface area (Å²) in [6.07, 6.45) is 1.02. The van der Waals surface area contributed by atoms with E-state index in [2.05, 4.69) is 34.7 Å². The molecule has 0 amide bonds. The van der Waals surface area contributed by atoms with Crippen LogP contribution in [-0.4, -0.2) is 29.4 Å². The lowest BCUT2D eigenvalue weighted by atomic mass is 10.1. The number of hydrogen-bond donors (Lipinski definition) is 2. The van der Waals surface area contributed by atoms with E-state index in [0.29, 0.717) is 11.3 Å². The van der Waals surface area contributed by atoms with Crippen LogP contribution >= 0.6 is 27.7 Å². The lowest BCUT2D eigenvalue weighted by Crippen LogP contribution is -2.28. The number of nitrogen functional groups attached to an aromatic ring is 1. The van der Waals surface area contributed by atoms with Crippen LogP contribution in [0.25, 0.3) is 0 Å². The zero-order valence-electron chi connectivity index (χ0n) is 11.7. The summed E-state index contributed by atoms with van der Waals surface area (Å²) in [5.41, 5.74) is 6.42. The van der Waals surface area contributed by atoms with Crippen LogP contribution in [0.1, 0.15) is 25.8 Å². The summed E-state index contributed by atoms with van der Waals surface area (Å²) in [6.45, 7) is 6.12. The first-order valence-corrected chi connectivity index (χ1v) is 8.31. The first kappa shape index (κ1) is 15.6. The lowest BCUT2D eigenvalue weighted by Gasteiger charge is -2.25. The molecule has 0 bridgehead atoms. The highest BCUT2D eigenvalue weighted by Gasteiger charge is 2.25. The fraction of sp³-hybridized carbons (Fsp3) is 0.500. The predicted octanol–water partition coefficient (Wildman–Crippen LogP) is 3.59. The molecule has 20 heavy (non-hydrogen) atoms. The minimum atomic E-state index is -0.331. The van der Waals surface area contributed by atoms with E-state index in [4.69, 9.17) is 11.1 Å². The molecule has 0 unspecified atom stereocenters. The van der Waals surface area contributed by atoms with Crippen molar-refractivity contribution in [1.82, 2.24) is 0 Å². The number of rotatable bonds is 2. The zero-order valence-corrected chi connectivity index (χ0v) is 14.1. The fourth-order valence-corrected chi connectivity index (χ4v) is 3.90. The molecule has 1 aromatic carbocycles. The summed E-state index contributed by atoms with van der Waals surface area (Å²) in [7, 11) is 0. The molecule has 3 nitrogen and oxygen atoms in total. The largest absolute Gasteiger partial charge is 0.384 e. The van der Waals surface area contributed by atoms with Gasteiger partial charge in [0.25, 0.3) is 0 Å². The third-order valence-electron chi connectivity index (χ3n) is 3.53. The minimum absolute atomic E-state index is 0.130. The Kier molecular flexibility index (Phi) is 4.64. The second-order valence-electron chi connectivity index (χ2n) is 5.52. The summed E-state index contributed by atoms with van der Waals surface area (Å²) in [6, 6.07) is 3.42. The van der Waals surface area contributed by atoms with Crippen LogP contribution in [0.15, 0.2) is 16.6 Å². The molecular weight excluding hydrogens is 341 g/mol. The van der Waals surface area contributed by atoms with Gasteiger partial charge in [0.05, 0.1) is 10.2 Å². The molecule has 0 aliphatic carbocycles. The molecule has 1 aliphatic heterocycles. The number of nitrogens with two attached hydrogens (primary N) is 1. The molecule has 1 aromatic rings. The number of thioether (sulfide) groups is 1. The van der Waals surface area contributed by atoms with E-state index >= 15 is 0 Å². The second kappa shape index (κ2) is 5.93. The number of benzene rings is 1. The first-order valence-electron chi connectivity index (χ1n) is 6.53. The molecule has 0 aromatic heterocycles. The van der Waals surface area contributed by atoms with Crippen LogP contribution in [0.3, 0.4) is 0 Å². The molecule has 1 aliphatic rings. The molecule has 0 atom stereocenters. The lowest BCUT2D eigenvalue weighted by molar-refractivity contribution is 0.598. The van der Waals surface area contributed by atoms with Crippen molar-refractivity contribution < 1.29 is 4.39 Å². The predicted molar refractivity (Wildman–Crippen MR) is 88.5 cm³/mol. The average molecular weight is 360 g/mol. The monoisotopic (exact) mass is 359 g/mol. The molecule has 0 spiro atoms. The number of anilines is 1. The van der Waals surface area contributed by atoms with Crippen molar-refractivity contribution in [3.05, 3.63) is 28.0 Å². The quantitative estimate of drug-likeness (QED) is 0.626. The Morgan fingerprint density at radius 1 is 1.45 bits per heavy atom. The smallest absolute Gasteiger partial charge is 0.161 e. The summed E-state index contributed by atoms with van der Waals surface area (Å²) >= 11 is 5.14. The van der Waals surface area contributed by atoms with Crippen LogP contribution in [0.4, 0.5) is 10.1 Å². The normalized spacial score (nSPS) is 18.7. The van der Waals surface area contributed by atoms with E-state index in [1.54, 1.807) is 12.1 Å². The Morgan fingerprint density at radius 3 is 2.80 bits per heavy atom. The van der Waals surface area contributed by atoms with Crippen LogP contribution in [0.5, 0.6) is 0 Å². The maximum Gasteiger partial charge on any atom is 0.161 e. The number of nitrogens with zero attached hydrogens (tertiary/aromatic N) is 1. The van der Waals surface area contributed by atoms with Crippen molar-refractivity contribution in [2.45, 2.75) is 25.0 Å². The number of nitrogens with one attached hydrogen (secondary N) is 1. The van der Waals surface area contributed by atoms with Gasteiger partial charge in [-0.3, -0.25) is 5.41 Å². The number of hydrogen-bond acceptors (Lipinski definition) is 3. The van der Waals surface area contributed by atoms with Crippen molar-refractivity contribution in [1.29, 1.82) is 5.41 Å². The minimum Gasteiger partial charge on any atom is -0.384 e. The fourth-order valence-electron chi connectivity index (χ4n) is 2.25. The second-order valence-corrected chi connectivity index (χ2v) is 8.11. The van der Waals surface area contributed by atoms with Crippen LogP contribution < -0.4 is 10.6 Å². The highest BCUT2D eigenvalue weighted by Crippen LogP contribution is 2.35. The first-order chi connectivity index (χ1) is 9.32. The van der Waals surface area contributed by atoms with Gasteiger partial charge in [0, 0.05) is 29.2 Å². The number of halogens is 2. The van der Waals surface area contributed by atoms with Gasteiger partial charge in [0.1, 0.15) is 5.84 Å². The topological polar surface area (TPSA) is 53.1 Å². The number of amidine groups is 1. The van der Waals surface area contributed by atoms with Crippen molar-refractivity contribution in [3.63, 3.8) is 0 Å². The summed E-state index contributed by atoms with van der Waals surface area (Å²) < 4.78 is 15.0. The van der Waals surface area contributed by atoms with Gasteiger partial charge in [0.2, 0.25) is 0 Å². The van der Waals surface area contributed by atoms with Gasteiger partial charge in [-0.1, -0.05) is 13.8 Å². The van der Waals surface area contributed by atoms with E-state index < -0.39 is 0 Å².